The van der Waals surface area contributed by atoms with Crippen LogP contribution in [0, 0.1) is 9.81 Å². The lowest BCUT2D eigenvalue weighted by Crippen LogP contribution is -2.16. The number of anilines is 2. The molecule has 0 aliphatic rings. The van der Waals surface area contributed by atoms with Gasteiger partial charge in [-0.05, 0) is 52.8 Å². The van der Waals surface area contributed by atoms with Gasteiger partial charge in [0.1, 0.15) is 17.1 Å². The van der Waals surface area contributed by atoms with Gasteiger partial charge in [-0.2, -0.15) is 0 Å². The number of carbonyl (C=O) groups excluding carboxylic acids is 2. The number of carbonyl (C=O) groups is 2. The number of benzene rings is 3. The minimum absolute atomic E-state index is 0.0664. The van der Waals surface area contributed by atoms with E-state index < -0.39 is 11.8 Å². The van der Waals surface area contributed by atoms with Crippen molar-refractivity contribution in [2.24, 2.45) is 10.4 Å². The third-order valence-electron chi connectivity index (χ3n) is 4.21. The molecule has 30 heavy (non-hydrogen) atoms. The maximum atomic E-state index is 12.8. The van der Waals surface area contributed by atoms with E-state index >= 15 is 0 Å². The molecule has 150 valence electrons. The first kappa shape index (κ1) is 20.3. The molecule has 0 atom stereocenters. The SMILES string of the molecule is COc1ccc(C(=O)Nc2ccccc2N=O)cc1C(=O)Nc1ccccc1N=O. The van der Waals surface area contributed by atoms with Crippen molar-refractivity contribution in [3.8, 4) is 5.75 Å². The summed E-state index contributed by atoms with van der Waals surface area (Å²) in [6.07, 6.45) is 0. The van der Waals surface area contributed by atoms with Gasteiger partial charge in [-0.15, -0.1) is 9.81 Å². The summed E-state index contributed by atoms with van der Waals surface area (Å²) in [7, 11) is 1.39. The predicted molar refractivity (Wildman–Crippen MR) is 113 cm³/mol. The van der Waals surface area contributed by atoms with Crippen LogP contribution in [0.5, 0.6) is 5.75 Å². The lowest BCUT2D eigenvalue weighted by atomic mass is 10.1. The second-order valence-electron chi connectivity index (χ2n) is 6.04. The van der Waals surface area contributed by atoms with Crippen LogP contribution in [0.15, 0.2) is 77.1 Å². The van der Waals surface area contributed by atoms with E-state index in [1.807, 2.05) is 0 Å². The number of rotatable bonds is 7. The van der Waals surface area contributed by atoms with Crippen molar-refractivity contribution >= 4 is 34.6 Å². The molecule has 0 spiro atoms. The number of methoxy groups -OCH3 is 1. The lowest BCUT2D eigenvalue weighted by molar-refractivity contribution is 0.102. The Kier molecular flexibility index (Phi) is 6.23. The Labute approximate surface area is 171 Å². The quantitative estimate of drug-likeness (QED) is 0.536. The average molecular weight is 404 g/mol. The minimum atomic E-state index is -0.590. The van der Waals surface area contributed by atoms with Crippen LogP contribution in [0.1, 0.15) is 20.7 Å². The fraction of sp³-hybridized carbons (Fsp3) is 0.0476. The number of nitroso groups, excluding NO2 is 2. The largest absolute Gasteiger partial charge is 0.496 e. The van der Waals surface area contributed by atoms with Crippen LogP contribution in [0.25, 0.3) is 0 Å². The van der Waals surface area contributed by atoms with E-state index in [0.29, 0.717) is 0 Å². The molecule has 0 aliphatic carbocycles. The van der Waals surface area contributed by atoms with Crippen molar-refractivity contribution in [3.63, 3.8) is 0 Å². The first-order valence-corrected chi connectivity index (χ1v) is 8.73. The van der Waals surface area contributed by atoms with Crippen LogP contribution in [0.3, 0.4) is 0 Å². The molecular formula is C21H16N4O5. The molecule has 0 aliphatic heterocycles. The third kappa shape index (κ3) is 4.36. The van der Waals surface area contributed by atoms with E-state index in [0.717, 1.165) is 0 Å². The predicted octanol–water partition coefficient (Wildman–Crippen LogP) is 5.00. The zero-order valence-electron chi connectivity index (χ0n) is 15.8. The van der Waals surface area contributed by atoms with Gasteiger partial charge in [0.2, 0.25) is 0 Å². The standard InChI is InChI=1S/C21H16N4O5/c1-30-19-11-10-13(20(26)22-15-6-2-4-8-17(15)24-28)12-14(19)21(27)23-16-7-3-5-9-18(16)25-29/h2-12H,1H3,(H,22,26)(H,23,27). The Hall–Kier alpha value is -4.40. The van der Waals surface area contributed by atoms with Crippen LogP contribution in [-0.2, 0) is 0 Å². The number of nitrogens with one attached hydrogen (secondary N) is 2. The number of hydrogen-bond acceptors (Lipinski definition) is 7. The van der Waals surface area contributed by atoms with Gasteiger partial charge in [-0.1, -0.05) is 24.3 Å². The highest BCUT2D eigenvalue weighted by atomic mass is 16.5. The van der Waals surface area contributed by atoms with Crippen molar-refractivity contribution in [1.29, 1.82) is 0 Å². The lowest BCUT2D eigenvalue weighted by Gasteiger charge is -2.12. The summed E-state index contributed by atoms with van der Waals surface area (Å²) in [6.45, 7) is 0. The minimum Gasteiger partial charge on any atom is -0.496 e. The fourth-order valence-corrected chi connectivity index (χ4v) is 2.73. The van der Waals surface area contributed by atoms with Gasteiger partial charge in [0.25, 0.3) is 11.8 Å². The Bertz CT molecular complexity index is 1130. The van der Waals surface area contributed by atoms with E-state index in [9.17, 15) is 19.4 Å². The highest BCUT2D eigenvalue weighted by Gasteiger charge is 2.18. The number of amides is 2. The van der Waals surface area contributed by atoms with Crippen molar-refractivity contribution in [2.45, 2.75) is 0 Å². The Balaban J connectivity index is 1.89. The highest BCUT2D eigenvalue weighted by Crippen LogP contribution is 2.28. The molecule has 0 saturated heterocycles. The summed E-state index contributed by atoms with van der Waals surface area (Å²) in [4.78, 5) is 47.2. The summed E-state index contributed by atoms with van der Waals surface area (Å²) in [6, 6.07) is 16.8. The van der Waals surface area contributed by atoms with Crippen molar-refractivity contribution < 1.29 is 14.3 Å². The molecule has 0 aromatic heterocycles. The molecule has 3 aromatic rings. The second kappa shape index (κ2) is 9.20. The first-order valence-electron chi connectivity index (χ1n) is 8.73. The van der Waals surface area contributed by atoms with Crippen LogP contribution < -0.4 is 15.4 Å². The monoisotopic (exact) mass is 404 g/mol. The molecule has 0 unspecified atom stereocenters. The molecule has 3 rings (SSSR count). The topological polar surface area (TPSA) is 126 Å². The molecule has 2 N–H and O–H groups in total. The number of nitrogens with zero attached hydrogens (tertiary/aromatic N) is 2. The van der Waals surface area contributed by atoms with Crippen LogP contribution >= 0.6 is 0 Å². The summed E-state index contributed by atoms with van der Waals surface area (Å²) < 4.78 is 5.22. The molecule has 9 nitrogen and oxygen atoms in total. The molecule has 0 saturated carbocycles. The normalized spacial score (nSPS) is 10.0. The van der Waals surface area contributed by atoms with Crippen molar-refractivity contribution in [3.05, 3.63) is 87.7 Å². The zero-order valence-corrected chi connectivity index (χ0v) is 15.8. The third-order valence-corrected chi connectivity index (χ3v) is 4.21. The van der Waals surface area contributed by atoms with Gasteiger partial charge in [-0.3, -0.25) is 9.59 Å². The van der Waals surface area contributed by atoms with E-state index in [4.69, 9.17) is 4.74 Å². The number of para-hydroxylation sites is 2. The van der Waals surface area contributed by atoms with Gasteiger partial charge in [0.05, 0.1) is 24.0 Å². The van der Waals surface area contributed by atoms with Gasteiger partial charge in [-0.25, -0.2) is 0 Å². The Morgan fingerprint density at radius 1 is 0.767 bits per heavy atom. The summed E-state index contributed by atoms with van der Waals surface area (Å²) >= 11 is 0. The number of ether oxygens (including phenoxy) is 1. The molecule has 3 aromatic carbocycles. The number of hydrogen-bond donors (Lipinski definition) is 2. The van der Waals surface area contributed by atoms with Crippen LogP contribution in [0.4, 0.5) is 22.7 Å². The highest BCUT2D eigenvalue weighted by molar-refractivity contribution is 6.11. The average Bonchev–Trinajstić information content (AvgIpc) is 2.79. The van der Waals surface area contributed by atoms with E-state index in [1.54, 1.807) is 24.3 Å². The Morgan fingerprint density at radius 3 is 1.83 bits per heavy atom. The van der Waals surface area contributed by atoms with Gasteiger partial charge < -0.3 is 15.4 Å². The molecular weight excluding hydrogens is 388 g/mol. The molecule has 0 fully saturated rings. The maximum Gasteiger partial charge on any atom is 0.259 e. The molecule has 0 heterocycles. The smallest absolute Gasteiger partial charge is 0.259 e. The Morgan fingerprint density at radius 2 is 1.30 bits per heavy atom. The first-order chi connectivity index (χ1) is 14.6. The zero-order chi connectivity index (χ0) is 21.5. The van der Waals surface area contributed by atoms with E-state index in [2.05, 4.69) is 21.0 Å². The van der Waals surface area contributed by atoms with Crippen molar-refractivity contribution in [1.82, 2.24) is 0 Å². The van der Waals surface area contributed by atoms with Gasteiger partial charge in [0.15, 0.2) is 0 Å². The molecule has 0 bridgehead atoms. The molecule has 9 heteroatoms. The van der Waals surface area contributed by atoms with Gasteiger partial charge in [0, 0.05) is 5.56 Å². The molecule has 0 radical (unpaired) electrons. The fourth-order valence-electron chi connectivity index (χ4n) is 2.73. The maximum absolute atomic E-state index is 12.8. The van der Waals surface area contributed by atoms with Crippen molar-refractivity contribution in [2.75, 3.05) is 17.7 Å². The summed E-state index contributed by atoms with van der Waals surface area (Å²) in [5.74, 6) is -0.902. The summed E-state index contributed by atoms with van der Waals surface area (Å²) in [5, 5.41) is 10.9. The van der Waals surface area contributed by atoms with Crippen LogP contribution in [0.2, 0.25) is 0 Å². The second-order valence-corrected chi connectivity index (χ2v) is 6.04. The van der Waals surface area contributed by atoms with E-state index in [-0.39, 0.29) is 39.6 Å². The van der Waals surface area contributed by atoms with Crippen LogP contribution in [-0.4, -0.2) is 18.9 Å². The summed E-state index contributed by atoms with van der Waals surface area (Å²) in [5.41, 5.74) is 0.841. The van der Waals surface area contributed by atoms with E-state index in [1.165, 1.54) is 49.6 Å². The molecule has 2 amide bonds. The van der Waals surface area contributed by atoms with Gasteiger partial charge >= 0.3 is 0 Å².